The van der Waals surface area contributed by atoms with Gasteiger partial charge < -0.3 is 11.1 Å². The number of rotatable bonds is 6. The number of nitrogens with two attached hydrogens (primary N) is 1. The van der Waals surface area contributed by atoms with E-state index in [-0.39, 0.29) is 0 Å². The van der Waals surface area contributed by atoms with Crippen molar-refractivity contribution in [2.75, 3.05) is 11.1 Å². The number of nitrogens with zero attached hydrogens (tertiary/aromatic N) is 1. The third-order valence-corrected chi connectivity index (χ3v) is 4.15. The molecule has 130 valence electrons. The summed E-state index contributed by atoms with van der Waals surface area (Å²) in [5.74, 6) is 0. The van der Waals surface area contributed by atoms with Crippen LogP contribution in [0.15, 0.2) is 90.6 Å². The molecular weight excluding hydrogens is 318 g/mol. The average Bonchev–Trinajstić information content (AvgIpc) is 2.66. The Labute approximate surface area is 154 Å². The first-order valence-electron chi connectivity index (χ1n) is 8.62. The molecule has 3 rings (SSSR count). The van der Waals surface area contributed by atoms with E-state index in [0.717, 1.165) is 33.9 Å². The highest BCUT2D eigenvalue weighted by atomic mass is 14.9. The van der Waals surface area contributed by atoms with Crippen molar-refractivity contribution in [3.05, 3.63) is 102 Å². The second-order valence-corrected chi connectivity index (χ2v) is 6.18. The van der Waals surface area contributed by atoms with Crippen LogP contribution in [0.2, 0.25) is 0 Å². The van der Waals surface area contributed by atoms with Crippen LogP contribution in [-0.2, 0) is 6.42 Å². The molecule has 3 heteroatoms. The number of benzene rings is 3. The molecular formula is C23H23N3. The molecule has 0 radical (unpaired) electrons. The summed E-state index contributed by atoms with van der Waals surface area (Å²) in [6.07, 6.45) is 2.36. The highest BCUT2D eigenvalue weighted by molar-refractivity contribution is 6.07. The molecule has 26 heavy (non-hydrogen) atoms. The molecule has 0 saturated carbocycles. The fraction of sp³-hybridized carbons (Fsp3) is 0.0870. The number of anilines is 2. The van der Waals surface area contributed by atoms with Crippen LogP contribution in [-0.4, -0.2) is 5.71 Å². The molecule has 0 unspecified atom stereocenters. The van der Waals surface area contributed by atoms with Gasteiger partial charge in [-0.2, -0.15) is 0 Å². The Kier molecular flexibility index (Phi) is 5.49. The van der Waals surface area contributed by atoms with Gasteiger partial charge in [-0.05, 0) is 43.0 Å². The Morgan fingerprint density at radius 2 is 1.77 bits per heavy atom. The van der Waals surface area contributed by atoms with E-state index in [2.05, 4.69) is 37.0 Å². The van der Waals surface area contributed by atoms with Crippen molar-refractivity contribution in [3.63, 3.8) is 0 Å². The molecule has 0 atom stereocenters. The van der Waals surface area contributed by atoms with Crippen molar-refractivity contribution < 1.29 is 0 Å². The molecule has 3 nitrogen and oxygen atoms in total. The van der Waals surface area contributed by atoms with Crippen LogP contribution >= 0.6 is 0 Å². The summed E-state index contributed by atoms with van der Waals surface area (Å²) in [6, 6.07) is 24.3. The van der Waals surface area contributed by atoms with Crippen LogP contribution in [0.1, 0.15) is 16.7 Å². The zero-order valence-corrected chi connectivity index (χ0v) is 14.9. The van der Waals surface area contributed by atoms with Crippen LogP contribution in [0.4, 0.5) is 17.1 Å². The van der Waals surface area contributed by atoms with Crippen molar-refractivity contribution in [1.29, 1.82) is 0 Å². The minimum absolute atomic E-state index is 0.705. The molecule has 0 bridgehead atoms. The summed E-state index contributed by atoms with van der Waals surface area (Å²) >= 11 is 0. The zero-order chi connectivity index (χ0) is 18.4. The van der Waals surface area contributed by atoms with Crippen molar-refractivity contribution in [2.45, 2.75) is 13.3 Å². The number of hydrogen-bond donors (Lipinski definition) is 2. The maximum Gasteiger partial charge on any atom is 0.0867 e. The number of hydrogen-bond acceptors (Lipinski definition) is 3. The first-order valence-corrected chi connectivity index (χ1v) is 8.62. The van der Waals surface area contributed by atoms with Gasteiger partial charge in [-0.15, -0.1) is 0 Å². The lowest BCUT2D eigenvalue weighted by Crippen LogP contribution is -2.09. The van der Waals surface area contributed by atoms with Gasteiger partial charge in [0.05, 0.1) is 17.1 Å². The molecule has 0 aromatic heterocycles. The Balaban J connectivity index is 2.11. The lowest BCUT2D eigenvalue weighted by atomic mass is 9.99. The van der Waals surface area contributed by atoms with Gasteiger partial charge in [0.25, 0.3) is 0 Å². The van der Waals surface area contributed by atoms with Crippen LogP contribution in [0.5, 0.6) is 0 Å². The van der Waals surface area contributed by atoms with Crippen LogP contribution < -0.4 is 11.1 Å². The predicted molar refractivity (Wildman–Crippen MR) is 112 cm³/mol. The third kappa shape index (κ3) is 4.19. The lowest BCUT2D eigenvalue weighted by molar-refractivity contribution is 1.29. The fourth-order valence-corrected chi connectivity index (χ4v) is 2.85. The molecule has 0 amide bonds. The first kappa shape index (κ1) is 17.5. The van der Waals surface area contributed by atoms with Crippen LogP contribution in [0.25, 0.3) is 0 Å². The summed E-state index contributed by atoms with van der Waals surface area (Å²) in [6.45, 7) is 5.81. The van der Waals surface area contributed by atoms with E-state index in [1.807, 2.05) is 54.6 Å². The van der Waals surface area contributed by atoms with Gasteiger partial charge in [-0.3, -0.25) is 4.99 Å². The number of nitrogens with one attached hydrogen (secondary N) is 1. The standard InChI is InChI=1S/C23H23N3/c1-3-25-21-11-7-8-12-22(21)26-23(16-18-9-5-4-6-10-18)19-15-17(2)13-14-20(19)24/h3-15,25H,1,16,24H2,2H3. The van der Waals surface area contributed by atoms with Crippen LogP contribution in [0, 0.1) is 6.92 Å². The minimum Gasteiger partial charge on any atom is -0.398 e. The molecule has 0 aliphatic heterocycles. The van der Waals surface area contributed by atoms with E-state index < -0.39 is 0 Å². The summed E-state index contributed by atoms with van der Waals surface area (Å²) in [4.78, 5) is 4.97. The van der Waals surface area contributed by atoms with Gasteiger partial charge in [-0.1, -0.05) is 60.7 Å². The van der Waals surface area contributed by atoms with Gasteiger partial charge in [0.1, 0.15) is 0 Å². The van der Waals surface area contributed by atoms with Gasteiger partial charge in [-0.25, -0.2) is 0 Å². The van der Waals surface area contributed by atoms with Gasteiger partial charge in [0.15, 0.2) is 0 Å². The summed E-state index contributed by atoms with van der Waals surface area (Å²) < 4.78 is 0. The quantitative estimate of drug-likeness (QED) is 0.460. The molecule has 0 saturated heterocycles. The molecule has 3 aromatic carbocycles. The van der Waals surface area contributed by atoms with E-state index >= 15 is 0 Å². The monoisotopic (exact) mass is 341 g/mol. The van der Waals surface area contributed by atoms with Crippen molar-refractivity contribution >= 4 is 22.8 Å². The highest BCUT2D eigenvalue weighted by Gasteiger charge is 2.11. The maximum atomic E-state index is 6.28. The fourth-order valence-electron chi connectivity index (χ4n) is 2.85. The number of para-hydroxylation sites is 2. The molecule has 3 N–H and O–H groups in total. The summed E-state index contributed by atoms with van der Waals surface area (Å²) in [7, 11) is 0. The summed E-state index contributed by atoms with van der Waals surface area (Å²) in [5.41, 5.74) is 13.1. The number of nitrogen functional groups attached to an aromatic ring is 1. The Morgan fingerprint density at radius 1 is 1.04 bits per heavy atom. The smallest absolute Gasteiger partial charge is 0.0867 e. The largest absolute Gasteiger partial charge is 0.398 e. The lowest BCUT2D eigenvalue weighted by Gasteiger charge is -2.13. The van der Waals surface area contributed by atoms with E-state index in [1.54, 1.807) is 6.20 Å². The Morgan fingerprint density at radius 3 is 2.54 bits per heavy atom. The topological polar surface area (TPSA) is 50.4 Å². The van der Waals surface area contributed by atoms with Crippen molar-refractivity contribution in [1.82, 2.24) is 0 Å². The maximum absolute atomic E-state index is 6.28. The number of aryl methyl sites for hydroxylation is 1. The zero-order valence-electron chi connectivity index (χ0n) is 14.9. The molecule has 0 heterocycles. The summed E-state index contributed by atoms with van der Waals surface area (Å²) in [5, 5.41) is 3.15. The van der Waals surface area contributed by atoms with E-state index in [1.165, 1.54) is 5.56 Å². The second kappa shape index (κ2) is 8.17. The minimum atomic E-state index is 0.705. The SMILES string of the molecule is C=CNc1ccccc1N=C(Cc1ccccc1)c1cc(C)ccc1N. The normalized spacial score (nSPS) is 11.2. The van der Waals surface area contributed by atoms with Crippen molar-refractivity contribution in [3.8, 4) is 0 Å². The van der Waals surface area contributed by atoms with Crippen molar-refractivity contribution in [2.24, 2.45) is 4.99 Å². The van der Waals surface area contributed by atoms with E-state index in [0.29, 0.717) is 6.42 Å². The van der Waals surface area contributed by atoms with Crippen LogP contribution in [0.3, 0.4) is 0 Å². The Bertz CT molecular complexity index is 927. The molecule has 0 spiro atoms. The van der Waals surface area contributed by atoms with E-state index in [9.17, 15) is 0 Å². The molecule has 0 fully saturated rings. The van der Waals surface area contributed by atoms with Gasteiger partial charge >= 0.3 is 0 Å². The molecule has 0 aliphatic carbocycles. The number of aliphatic imine (C=N–C) groups is 1. The predicted octanol–water partition coefficient (Wildman–Crippen LogP) is 5.50. The van der Waals surface area contributed by atoms with Gasteiger partial charge in [0, 0.05) is 17.7 Å². The van der Waals surface area contributed by atoms with Gasteiger partial charge in [0.2, 0.25) is 0 Å². The Hall–Kier alpha value is -3.33. The molecule has 0 aliphatic rings. The third-order valence-electron chi connectivity index (χ3n) is 4.15. The first-order chi connectivity index (χ1) is 12.7. The highest BCUT2D eigenvalue weighted by Crippen LogP contribution is 2.27. The average molecular weight is 341 g/mol. The molecule has 3 aromatic rings. The second-order valence-electron chi connectivity index (χ2n) is 6.18. The van der Waals surface area contributed by atoms with E-state index in [4.69, 9.17) is 10.7 Å².